The quantitative estimate of drug-likeness (QED) is 0.533. The Morgan fingerprint density at radius 2 is 1.53 bits per heavy atom. The Bertz CT molecular complexity index is 549. The Morgan fingerprint density at radius 3 is 2.11 bits per heavy atom. The topological polar surface area (TPSA) is 17.1 Å². The number of Topliss-reactive ketones (excluding diaryl/α,β-unsaturated/α-hetero) is 1. The lowest BCUT2D eigenvalue weighted by molar-refractivity contribution is 0.0991. The highest BCUT2D eigenvalue weighted by Crippen LogP contribution is 2.33. The van der Waals surface area contributed by atoms with Crippen molar-refractivity contribution in [2.75, 3.05) is 0 Å². The molecule has 0 saturated heterocycles. The number of alkyl halides is 2. The van der Waals surface area contributed by atoms with Crippen molar-refractivity contribution in [1.29, 1.82) is 0 Å². The van der Waals surface area contributed by atoms with Crippen molar-refractivity contribution in [1.82, 2.24) is 0 Å². The Hall–Kier alpha value is -0.930. The van der Waals surface area contributed by atoms with Gasteiger partial charge in [0, 0.05) is 5.56 Å². The summed E-state index contributed by atoms with van der Waals surface area (Å²) in [5, 5.41) is 0. The summed E-state index contributed by atoms with van der Waals surface area (Å²) in [5.41, 5.74) is 2.97. The van der Waals surface area contributed by atoms with Gasteiger partial charge in [0.2, 0.25) is 0 Å². The molecule has 98 valence electrons. The van der Waals surface area contributed by atoms with Crippen LogP contribution >= 0.6 is 31.9 Å². The fourth-order valence-electron chi connectivity index (χ4n) is 1.82. The number of carbonyl (C=O) groups excluding carboxylic acids is 1. The van der Waals surface area contributed by atoms with Crippen molar-refractivity contribution in [2.24, 2.45) is 0 Å². The zero-order valence-electron chi connectivity index (χ0n) is 10.5. The number of halogens is 2. The molecule has 0 aliphatic rings. The molecule has 0 bridgehead atoms. The fraction of sp³-hybridized carbons (Fsp3) is 0.188. The normalized spacial score (nSPS) is 13.8. The van der Waals surface area contributed by atoms with E-state index < -0.39 is 0 Å². The summed E-state index contributed by atoms with van der Waals surface area (Å²) >= 11 is 7.10. The van der Waals surface area contributed by atoms with Gasteiger partial charge in [-0.1, -0.05) is 92.0 Å². The first-order valence-corrected chi connectivity index (χ1v) is 7.86. The number of benzene rings is 2. The van der Waals surface area contributed by atoms with E-state index in [9.17, 15) is 4.79 Å². The summed E-state index contributed by atoms with van der Waals surface area (Å²) in [5.74, 6) is 0.0886. The van der Waals surface area contributed by atoms with Crippen LogP contribution in [0.5, 0.6) is 0 Å². The van der Waals surface area contributed by atoms with E-state index in [1.165, 1.54) is 0 Å². The average Bonchev–Trinajstić information content (AvgIpc) is 2.46. The maximum Gasteiger partial charge on any atom is 0.177 e. The van der Waals surface area contributed by atoms with E-state index in [2.05, 4.69) is 31.9 Å². The fourth-order valence-corrected chi connectivity index (χ4v) is 2.93. The molecule has 0 heterocycles. The predicted octanol–water partition coefficient (Wildman–Crippen LogP) is 5.08. The van der Waals surface area contributed by atoms with Crippen molar-refractivity contribution < 1.29 is 4.79 Å². The average molecular weight is 382 g/mol. The molecular weight excluding hydrogens is 368 g/mol. The molecular formula is C16H14Br2O. The minimum absolute atomic E-state index is 0.0393. The van der Waals surface area contributed by atoms with E-state index in [0.717, 1.165) is 16.7 Å². The number of ketones is 1. The van der Waals surface area contributed by atoms with Crippen LogP contribution in [-0.4, -0.2) is 10.6 Å². The van der Waals surface area contributed by atoms with Crippen molar-refractivity contribution in [3.8, 4) is 0 Å². The summed E-state index contributed by atoms with van der Waals surface area (Å²) in [7, 11) is 0. The van der Waals surface area contributed by atoms with Gasteiger partial charge in [-0.3, -0.25) is 4.79 Å². The zero-order chi connectivity index (χ0) is 13.8. The first kappa shape index (κ1) is 14.5. The van der Waals surface area contributed by atoms with E-state index in [4.69, 9.17) is 0 Å². The van der Waals surface area contributed by atoms with Gasteiger partial charge in [0.15, 0.2) is 5.78 Å². The summed E-state index contributed by atoms with van der Waals surface area (Å²) in [6.45, 7) is 2.01. The third-order valence-corrected chi connectivity index (χ3v) is 5.67. The van der Waals surface area contributed by atoms with Crippen LogP contribution < -0.4 is 0 Å². The monoisotopic (exact) mass is 380 g/mol. The molecule has 1 nitrogen and oxygen atoms in total. The molecule has 0 fully saturated rings. The van der Waals surface area contributed by atoms with Crippen molar-refractivity contribution in [3.05, 3.63) is 71.3 Å². The van der Waals surface area contributed by atoms with Gasteiger partial charge >= 0.3 is 0 Å². The van der Waals surface area contributed by atoms with E-state index >= 15 is 0 Å². The Balaban J connectivity index is 2.17. The van der Waals surface area contributed by atoms with Gasteiger partial charge in [0.25, 0.3) is 0 Å². The standard InChI is InChI=1S/C16H14Br2O/c1-11-7-9-13(10-8-11)16(19)15(18)14(17)12-5-3-2-4-6-12/h2-10,14-15H,1H3/t14-,15-/m0/s1. The van der Waals surface area contributed by atoms with Gasteiger partial charge < -0.3 is 0 Å². The van der Waals surface area contributed by atoms with Crippen LogP contribution in [-0.2, 0) is 0 Å². The molecule has 0 aromatic heterocycles. The molecule has 0 amide bonds. The van der Waals surface area contributed by atoms with E-state index in [1.807, 2.05) is 61.5 Å². The third kappa shape index (κ3) is 3.54. The molecule has 0 radical (unpaired) electrons. The molecule has 0 aliphatic carbocycles. The van der Waals surface area contributed by atoms with Gasteiger partial charge in [-0.25, -0.2) is 0 Å². The second-order valence-electron chi connectivity index (χ2n) is 4.44. The minimum Gasteiger partial charge on any atom is -0.293 e. The molecule has 2 rings (SSSR count). The highest BCUT2D eigenvalue weighted by molar-refractivity contribution is 9.12. The molecule has 0 saturated carbocycles. The number of aryl methyl sites for hydroxylation is 1. The molecule has 0 spiro atoms. The van der Waals surface area contributed by atoms with Gasteiger partial charge in [0.1, 0.15) is 0 Å². The lowest BCUT2D eigenvalue weighted by Crippen LogP contribution is -2.19. The largest absolute Gasteiger partial charge is 0.293 e. The van der Waals surface area contributed by atoms with Crippen LogP contribution in [0.4, 0.5) is 0 Å². The van der Waals surface area contributed by atoms with Crippen LogP contribution in [0.25, 0.3) is 0 Å². The molecule has 0 N–H and O–H groups in total. The Labute approximate surface area is 130 Å². The van der Waals surface area contributed by atoms with Crippen molar-refractivity contribution >= 4 is 37.6 Å². The molecule has 19 heavy (non-hydrogen) atoms. The highest BCUT2D eigenvalue weighted by Gasteiger charge is 2.25. The highest BCUT2D eigenvalue weighted by atomic mass is 79.9. The lowest BCUT2D eigenvalue weighted by Gasteiger charge is -2.16. The molecule has 2 aromatic rings. The van der Waals surface area contributed by atoms with Gasteiger partial charge in [-0.15, -0.1) is 0 Å². The first-order valence-electron chi connectivity index (χ1n) is 6.03. The van der Waals surface area contributed by atoms with Crippen LogP contribution in [0.1, 0.15) is 26.3 Å². The molecule has 0 unspecified atom stereocenters. The lowest BCUT2D eigenvalue weighted by atomic mass is 10.0. The first-order chi connectivity index (χ1) is 9.09. The number of carbonyl (C=O) groups is 1. The van der Waals surface area contributed by atoms with Gasteiger partial charge in [0.05, 0.1) is 9.65 Å². The van der Waals surface area contributed by atoms with Crippen LogP contribution in [0.2, 0.25) is 0 Å². The Morgan fingerprint density at radius 1 is 0.947 bits per heavy atom. The maximum atomic E-state index is 12.4. The molecule has 3 heteroatoms. The number of hydrogen-bond acceptors (Lipinski definition) is 1. The molecule has 0 aliphatic heterocycles. The predicted molar refractivity (Wildman–Crippen MR) is 86.3 cm³/mol. The van der Waals surface area contributed by atoms with Crippen molar-refractivity contribution in [3.63, 3.8) is 0 Å². The van der Waals surface area contributed by atoms with Gasteiger partial charge in [-0.2, -0.15) is 0 Å². The maximum absolute atomic E-state index is 12.4. The summed E-state index contributed by atoms with van der Waals surface area (Å²) in [6, 6.07) is 17.6. The summed E-state index contributed by atoms with van der Waals surface area (Å²) < 4.78 is 0. The second kappa shape index (κ2) is 6.49. The van der Waals surface area contributed by atoms with E-state index in [0.29, 0.717) is 0 Å². The zero-order valence-corrected chi connectivity index (χ0v) is 13.7. The van der Waals surface area contributed by atoms with E-state index in [1.54, 1.807) is 0 Å². The smallest absolute Gasteiger partial charge is 0.177 e. The van der Waals surface area contributed by atoms with E-state index in [-0.39, 0.29) is 15.4 Å². The molecule has 2 aromatic carbocycles. The number of hydrogen-bond donors (Lipinski definition) is 0. The summed E-state index contributed by atoms with van der Waals surface area (Å²) in [6.07, 6.45) is 0. The minimum atomic E-state index is -0.280. The summed E-state index contributed by atoms with van der Waals surface area (Å²) in [4.78, 5) is 12.1. The van der Waals surface area contributed by atoms with Crippen LogP contribution in [0.15, 0.2) is 54.6 Å². The third-order valence-electron chi connectivity index (χ3n) is 2.96. The molecule has 2 atom stereocenters. The Kier molecular flexibility index (Phi) is 4.94. The van der Waals surface area contributed by atoms with Crippen molar-refractivity contribution in [2.45, 2.75) is 16.6 Å². The SMILES string of the molecule is Cc1ccc(C(=O)[C@@H](Br)[C@@H](Br)c2ccccc2)cc1. The van der Waals surface area contributed by atoms with Gasteiger partial charge in [-0.05, 0) is 12.5 Å². The number of rotatable bonds is 4. The van der Waals surface area contributed by atoms with Crippen LogP contribution in [0, 0.1) is 6.92 Å². The van der Waals surface area contributed by atoms with Crippen LogP contribution in [0.3, 0.4) is 0 Å². The second-order valence-corrected chi connectivity index (χ2v) is 6.42.